The van der Waals surface area contributed by atoms with E-state index in [2.05, 4.69) is 29.4 Å². The first-order valence-corrected chi connectivity index (χ1v) is 14.4. The van der Waals surface area contributed by atoms with Crippen molar-refractivity contribution >= 4 is 19.9 Å². The predicted molar refractivity (Wildman–Crippen MR) is 143 cm³/mol. The standard InChI is InChI=1S/C26H38N3O9P/c1-7-8-22-9-11-23(12-10-22)24-16-29(28-27-24)15-21(6)13-14-39(32,35-17-33-25(30)37-19(2)3)36-18-34-26(31)38-20(4)5/h9-13,16,19-20H,7-8,14-15,17-18H2,1-6H3/b21-13+. The van der Waals surface area contributed by atoms with Gasteiger partial charge in [-0.05, 0) is 46.6 Å². The normalized spacial score (nSPS) is 12.1. The van der Waals surface area contributed by atoms with Gasteiger partial charge in [0.1, 0.15) is 5.69 Å². The molecule has 0 unspecified atom stereocenters. The van der Waals surface area contributed by atoms with Crippen LogP contribution >= 0.6 is 7.60 Å². The summed E-state index contributed by atoms with van der Waals surface area (Å²) >= 11 is 0. The van der Waals surface area contributed by atoms with Gasteiger partial charge in [-0.1, -0.05) is 54.5 Å². The summed E-state index contributed by atoms with van der Waals surface area (Å²) in [5.74, 6) is 0. The molecule has 0 saturated heterocycles. The van der Waals surface area contributed by atoms with E-state index in [0.29, 0.717) is 6.54 Å². The second-order valence-corrected chi connectivity index (χ2v) is 11.3. The lowest BCUT2D eigenvalue weighted by atomic mass is 10.1. The molecule has 2 rings (SSSR count). The monoisotopic (exact) mass is 567 g/mol. The van der Waals surface area contributed by atoms with Crippen molar-refractivity contribution in [2.24, 2.45) is 0 Å². The molecule has 0 aliphatic carbocycles. The molecule has 12 nitrogen and oxygen atoms in total. The quantitative estimate of drug-likeness (QED) is 0.107. The molecule has 216 valence electrons. The van der Waals surface area contributed by atoms with Crippen LogP contribution in [0.2, 0.25) is 0 Å². The van der Waals surface area contributed by atoms with Gasteiger partial charge in [0, 0.05) is 5.56 Å². The number of carbonyl (C=O) groups excluding carboxylic acids is 2. The van der Waals surface area contributed by atoms with E-state index >= 15 is 0 Å². The number of aryl methyl sites for hydroxylation is 1. The molecule has 0 saturated carbocycles. The minimum Gasteiger partial charge on any atom is -0.432 e. The molecular weight excluding hydrogens is 529 g/mol. The predicted octanol–water partition coefficient (Wildman–Crippen LogP) is 6.11. The first kappa shape index (κ1) is 32.0. The largest absolute Gasteiger partial charge is 0.510 e. The lowest BCUT2D eigenvalue weighted by molar-refractivity contribution is -0.0298. The first-order valence-electron chi connectivity index (χ1n) is 12.7. The van der Waals surface area contributed by atoms with Crippen molar-refractivity contribution in [1.82, 2.24) is 15.0 Å². The maximum atomic E-state index is 13.3. The Morgan fingerprint density at radius 1 is 0.974 bits per heavy atom. The van der Waals surface area contributed by atoms with Gasteiger partial charge in [0.2, 0.25) is 13.6 Å². The fraction of sp³-hybridized carbons (Fsp3) is 0.538. The Labute approximate surface area is 229 Å². The summed E-state index contributed by atoms with van der Waals surface area (Å²) in [6, 6.07) is 8.20. The summed E-state index contributed by atoms with van der Waals surface area (Å²) in [6.45, 7) is 9.56. The smallest absolute Gasteiger partial charge is 0.432 e. The molecule has 0 atom stereocenters. The fourth-order valence-corrected chi connectivity index (χ4v) is 4.38. The van der Waals surface area contributed by atoms with Crippen LogP contribution in [0.1, 0.15) is 53.5 Å². The summed E-state index contributed by atoms with van der Waals surface area (Å²) in [5.41, 5.74) is 3.75. The molecule has 0 bridgehead atoms. The average Bonchev–Trinajstić information content (AvgIpc) is 3.31. The Hall–Kier alpha value is -3.21. The summed E-state index contributed by atoms with van der Waals surface area (Å²) in [6.07, 6.45) is 2.61. The number of nitrogens with zero attached hydrogens (tertiary/aromatic N) is 3. The van der Waals surface area contributed by atoms with Gasteiger partial charge >= 0.3 is 19.9 Å². The number of hydrogen-bond acceptors (Lipinski definition) is 11. The van der Waals surface area contributed by atoms with E-state index in [-0.39, 0.29) is 6.16 Å². The van der Waals surface area contributed by atoms with Crippen LogP contribution in [0, 0.1) is 0 Å². The number of aromatic nitrogens is 3. The van der Waals surface area contributed by atoms with E-state index in [1.807, 2.05) is 25.3 Å². The van der Waals surface area contributed by atoms with Crippen LogP contribution in [0.15, 0.2) is 42.1 Å². The number of hydrogen-bond donors (Lipinski definition) is 0. The Morgan fingerprint density at radius 2 is 1.54 bits per heavy atom. The molecule has 13 heteroatoms. The van der Waals surface area contributed by atoms with Gasteiger partial charge in [0.05, 0.1) is 31.1 Å². The molecule has 0 aliphatic rings. The van der Waals surface area contributed by atoms with Gasteiger partial charge in [0.25, 0.3) is 0 Å². The highest BCUT2D eigenvalue weighted by Crippen LogP contribution is 2.48. The van der Waals surface area contributed by atoms with Gasteiger partial charge in [0.15, 0.2) is 0 Å². The zero-order valence-corrected chi connectivity index (χ0v) is 24.2. The zero-order valence-electron chi connectivity index (χ0n) is 23.3. The minimum atomic E-state index is -3.90. The third kappa shape index (κ3) is 12.5. The van der Waals surface area contributed by atoms with Crippen LogP contribution < -0.4 is 0 Å². The maximum absolute atomic E-state index is 13.3. The van der Waals surface area contributed by atoms with Crippen LogP contribution in [0.4, 0.5) is 9.59 Å². The third-order valence-corrected chi connectivity index (χ3v) is 6.55. The Bertz CT molecular complexity index is 1100. The highest BCUT2D eigenvalue weighted by molar-refractivity contribution is 7.54. The van der Waals surface area contributed by atoms with Crippen LogP contribution in [0.3, 0.4) is 0 Å². The molecule has 0 aliphatic heterocycles. The average molecular weight is 568 g/mol. The molecule has 39 heavy (non-hydrogen) atoms. The summed E-state index contributed by atoms with van der Waals surface area (Å²) in [7, 11) is -3.90. The highest BCUT2D eigenvalue weighted by atomic mass is 31.2. The van der Waals surface area contributed by atoms with E-state index in [9.17, 15) is 14.2 Å². The van der Waals surface area contributed by atoms with E-state index in [4.69, 9.17) is 28.0 Å². The lowest BCUT2D eigenvalue weighted by Crippen LogP contribution is -2.16. The van der Waals surface area contributed by atoms with Crippen molar-refractivity contribution in [3.8, 4) is 11.3 Å². The molecule has 1 aromatic heterocycles. The van der Waals surface area contributed by atoms with Crippen molar-refractivity contribution in [2.45, 2.75) is 73.1 Å². The Balaban J connectivity index is 2.00. The Kier molecular flexibility index (Phi) is 13.1. The van der Waals surface area contributed by atoms with Crippen molar-refractivity contribution in [2.75, 3.05) is 19.7 Å². The topological polar surface area (TPSA) is 137 Å². The SMILES string of the molecule is CCCc1ccc(-c2cn(C/C(C)=C/CP(=O)(OCOC(=O)OC(C)C)OCOC(=O)OC(C)C)nn2)cc1. The molecule has 0 amide bonds. The number of carbonyl (C=O) groups is 2. The van der Waals surface area contributed by atoms with E-state index in [0.717, 1.165) is 29.7 Å². The second-order valence-electron chi connectivity index (χ2n) is 9.21. The molecule has 1 aromatic carbocycles. The van der Waals surface area contributed by atoms with Crippen LogP contribution in [-0.2, 0) is 45.5 Å². The van der Waals surface area contributed by atoms with Gasteiger partial charge < -0.3 is 18.9 Å². The van der Waals surface area contributed by atoms with Crippen molar-refractivity contribution in [3.05, 3.63) is 47.7 Å². The van der Waals surface area contributed by atoms with Gasteiger partial charge in [-0.3, -0.25) is 13.6 Å². The second kappa shape index (κ2) is 16.0. The van der Waals surface area contributed by atoms with E-state index in [1.54, 1.807) is 38.5 Å². The first-order chi connectivity index (χ1) is 18.5. The number of ether oxygens (including phenoxy) is 4. The molecule has 0 radical (unpaired) electrons. The van der Waals surface area contributed by atoms with Crippen LogP contribution in [0.25, 0.3) is 11.3 Å². The van der Waals surface area contributed by atoms with E-state index in [1.165, 1.54) is 5.56 Å². The van der Waals surface area contributed by atoms with E-state index < -0.39 is 45.7 Å². The number of benzene rings is 1. The van der Waals surface area contributed by atoms with Crippen molar-refractivity contribution in [1.29, 1.82) is 0 Å². The Morgan fingerprint density at radius 3 is 2.05 bits per heavy atom. The third-order valence-electron chi connectivity index (χ3n) is 4.92. The molecule has 0 spiro atoms. The molecule has 1 heterocycles. The summed E-state index contributed by atoms with van der Waals surface area (Å²) in [5, 5.41) is 8.41. The zero-order chi connectivity index (χ0) is 28.8. The van der Waals surface area contributed by atoms with Gasteiger partial charge in [-0.15, -0.1) is 5.10 Å². The van der Waals surface area contributed by atoms with Crippen LogP contribution in [0.5, 0.6) is 0 Å². The molecule has 0 N–H and O–H groups in total. The van der Waals surface area contributed by atoms with Crippen molar-refractivity contribution < 1.29 is 42.1 Å². The maximum Gasteiger partial charge on any atom is 0.510 e. The van der Waals surface area contributed by atoms with Crippen LogP contribution in [-0.4, -0.2) is 59.3 Å². The molecule has 0 fully saturated rings. The minimum absolute atomic E-state index is 0.190. The fourth-order valence-electron chi connectivity index (χ4n) is 3.13. The van der Waals surface area contributed by atoms with Gasteiger partial charge in [-0.25, -0.2) is 14.3 Å². The lowest BCUT2D eigenvalue weighted by Gasteiger charge is -2.18. The van der Waals surface area contributed by atoms with Gasteiger partial charge in [-0.2, -0.15) is 0 Å². The highest BCUT2D eigenvalue weighted by Gasteiger charge is 2.26. The summed E-state index contributed by atoms with van der Waals surface area (Å²) in [4.78, 5) is 23.2. The number of allylic oxidation sites excluding steroid dienone is 2. The van der Waals surface area contributed by atoms with Crippen molar-refractivity contribution in [3.63, 3.8) is 0 Å². The molecular formula is C26H38N3O9P. The molecule has 2 aromatic rings. The number of rotatable bonds is 15. The summed E-state index contributed by atoms with van der Waals surface area (Å²) < 4.78 is 44.6.